The lowest BCUT2D eigenvalue weighted by molar-refractivity contribution is -0.124. The van der Waals surface area contributed by atoms with E-state index < -0.39 is 17.2 Å². The Morgan fingerprint density at radius 1 is 1.26 bits per heavy atom. The molecular formula is C14H16BrF2NO. The van der Waals surface area contributed by atoms with Crippen molar-refractivity contribution in [3.8, 4) is 0 Å². The third-order valence-electron chi connectivity index (χ3n) is 3.78. The van der Waals surface area contributed by atoms with Gasteiger partial charge in [0.25, 0.3) is 0 Å². The number of carbonyl (C=O) groups is 1. The second-order valence-electron chi connectivity index (χ2n) is 5.14. The number of ketones is 1. The standard InChI is InChI=1S/C14H16BrF2NO/c15-10-4-5-11(16)9(13(10)17)8-12(19)14(18)6-2-1-3-7-14/h4-5H,1-3,6-8,18H2. The summed E-state index contributed by atoms with van der Waals surface area (Å²) in [7, 11) is 0. The molecule has 0 radical (unpaired) electrons. The van der Waals surface area contributed by atoms with Crippen LogP contribution < -0.4 is 5.73 Å². The van der Waals surface area contributed by atoms with E-state index in [1.807, 2.05) is 0 Å². The van der Waals surface area contributed by atoms with Crippen LogP contribution in [-0.2, 0) is 11.2 Å². The molecule has 1 fully saturated rings. The Morgan fingerprint density at radius 3 is 2.53 bits per heavy atom. The third kappa shape index (κ3) is 3.03. The zero-order valence-corrected chi connectivity index (χ0v) is 12.1. The zero-order chi connectivity index (χ0) is 14.0. The maximum atomic E-state index is 13.8. The Bertz CT molecular complexity index is 498. The van der Waals surface area contributed by atoms with E-state index in [9.17, 15) is 13.6 Å². The summed E-state index contributed by atoms with van der Waals surface area (Å²) in [5, 5.41) is 0. The van der Waals surface area contributed by atoms with E-state index in [0.29, 0.717) is 12.8 Å². The molecule has 0 amide bonds. The first-order chi connectivity index (χ1) is 8.94. The van der Waals surface area contributed by atoms with Crippen LogP contribution in [0.4, 0.5) is 8.78 Å². The van der Waals surface area contributed by atoms with Crippen LogP contribution in [0.25, 0.3) is 0 Å². The molecule has 1 aliphatic rings. The second kappa shape index (κ2) is 5.67. The molecule has 0 heterocycles. The summed E-state index contributed by atoms with van der Waals surface area (Å²) in [6.07, 6.45) is 3.77. The molecule has 104 valence electrons. The van der Waals surface area contributed by atoms with Crippen molar-refractivity contribution < 1.29 is 13.6 Å². The topological polar surface area (TPSA) is 43.1 Å². The van der Waals surface area contributed by atoms with Gasteiger partial charge in [0, 0.05) is 12.0 Å². The van der Waals surface area contributed by atoms with E-state index in [1.165, 1.54) is 6.07 Å². The van der Waals surface area contributed by atoms with Gasteiger partial charge < -0.3 is 5.73 Å². The average molecular weight is 332 g/mol. The molecule has 5 heteroatoms. The van der Waals surface area contributed by atoms with Crippen molar-refractivity contribution in [2.24, 2.45) is 5.73 Å². The molecule has 0 aromatic heterocycles. The molecule has 0 bridgehead atoms. The van der Waals surface area contributed by atoms with Crippen molar-refractivity contribution in [1.29, 1.82) is 0 Å². The van der Waals surface area contributed by atoms with Crippen LogP contribution in [0.15, 0.2) is 16.6 Å². The zero-order valence-electron chi connectivity index (χ0n) is 10.5. The van der Waals surface area contributed by atoms with Crippen LogP contribution in [0.5, 0.6) is 0 Å². The number of halogens is 3. The van der Waals surface area contributed by atoms with Gasteiger partial charge in [-0.05, 0) is 40.9 Å². The molecule has 19 heavy (non-hydrogen) atoms. The molecule has 1 aromatic carbocycles. The Morgan fingerprint density at radius 2 is 1.89 bits per heavy atom. The summed E-state index contributed by atoms with van der Waals surface area (Å²) in [4.78, 5) is 12.2. The molecule has 1 aliphatic carbocycles. The van der Waals surface area contributed by atoms with E-state index in [4.69, 9.17) is 5.73 Å². The molecule has 2 rings (SSSR count). The number of carbonyl (C=O) groups excluding carboxylic acids is 1. The first kappa shape index (κ1) is 14.6. The van der Waals surface area contributed by atoms with Gasteiger partial charge in [-0.25, -0.2) is 8.78 Å². The minimum absolute atomic E-state index is 0.159. The summed E-state index contributed by atoms with van der Waals surface area (Å²) >= 11 is 3.00. The number of Topliss-reactive ketones (excluding diaryl/α,β-unsaturated/α-hetero) is 1. The van der Waals surface area contributed by atoms with Crippen LogP contribution in [0.2, 0.25) is 0 Å². The monoisotopic (exact) mass is 331 g/mol. The Kier molecular flexibility index (Phi) is 4.36. The molecular weight excluding hydrogens is 316 g/mol. The van der Waals surface area contributed by atoms with Crippen molar-refractivity contribution in [2.75, 3.05) is 0 Å². The van der Waals surface area contributed by atoms with Crippen LogP contribution in [0.3, 0.4) is 0 Å². The maximum absolute atomic E-state index is 13.8. The summed E-state index contributed by atoms with van der Waals surface area (Å²) < 4.78 is 27.6. The lowest BCUT2D eigenvalue weighted by Crippen LogP contribution is -2.50. The van der Waals surface area contributed by atoms with Gasteiger partial charge in [0.2, 0.25) is 0 Å². The van der Waals surface area contributed by atoms with Crippen LogP contribution in [0.1, 0.15) is 37.7 Å². The molecule has 0 atom stereocenters. The second-order valence-corrected chi connectivity index (χ2v) is 5.99. The van der Waals surface area contributed by atoms with Crippen molar-refractivity contribution in [3.63, 3.8) is 0 Å². The largest absolute Gasteiger partial charge is 0.319 e. The Labute approximate surface area is 119 Å². The normalized spacial score (nSPS) is 18.3. The smallest absolute Gasteiger partial charge is 0.157 e. The van der Waals surface area contributed by atoms with Gasteiger partial charge in [0.1, 0.15) is 11.6 Å². The van der Waals surface area contributed by atoms with Gasteiger partial charge in [-0.2, -0.15) is 0 Å². The van der Waals surface area contributed by atoms with Crippen molar-refractivity contribution in [3.05, 3.63) is 33.8 Å². The van der Waals surface area contributed by atoms with E-state index in [0.717, 1.165) is 25.3 Å². The van der Waals surface area contributed by atoms with Gasteiger partial charge in [-0.3, -0.25) is 4.79 Å². The van der Waals surface area contributed by atoms with Gasteiger partial charge >= 0.3 is 0 Å². The van der Waals surface area contributed by atoms with E-state index in [1.54, 1.807) is 0 Å². The first-order valence-corrected chi connectivity index (χ1v) is 7.18. The highest BCUT2D eigenvalue weighted by Gasteiger charge is 2.35. The van der Waals surface area contributed by atoms with Crippen molar-refractivity contribution in [1.82, 2.24) is 0 Å². The number of rotatable bonds is 3. The van der Waals surface area contributed by atoms with Crippen LogP contribution in [-0.4, -0.2) is 11.3 Å². The quantitative estimate of drug-likeness (QED) is 0.861. The Balaban J connectivity index is 2.21. The molecule has 2 nitrogen and oxygen atoms in total. The molecule has 0 saturated heterocycles. The highest BCUT2D eigenvalue weighted by atomic mass is 79.9. The highest BCUT2D eigenvalue weighted by molar-refractivity contribution is 9.10. The molecule has 2 N–H and O–H groups in total. The number of benzene rings is 1. The minimum atomic E-state index is -0.917. The fourth-order valence-corrected chi connectivity index (χ4v) is 2.90. The molecule has 0 unspecified atom stereocenters. The van der Waals surface area contributed by atoms with Crippen LogP contribution in [0, 0.1) is 11.6 Å². The lowest BCUT2D eigenvalue weighted by atomic mass is 9.78. The van der Waals surface area contributed by atoms with E-state index in [-0.39, 0.29) is 22.2 Å². The summed E-state index contributed by atoms with van der Waals surface area (Å²) in [6, 6.07) is 2.44. The number of nitrogens with two attached hydrogens (primary N) is 1. The predicted octanol–water partition coefficient (Wildman–Crippen LogP) is 3.50. The highest BCUT2D eigenvalue weighted by Crippen LogP contribution is 2.29. The third-order valence-corrected chi connectivity index (χ3v) is 4.39. The lowest BCUT2D eigenvalue weighted by Gasteiger charge is -2.32. The average Bonchev–Trinajstić information content (AvgIpc) is 2.40. The Hall–Kier alpha value is -0.810. The van der Waals surface area contributed by atoms with Gasteiger partial charge in [0.15, 0.2) is 5.78 Å². The molecule has 1 saturated carbocycles. The first-order valence-electron chi connectivity index (χ1n) is 6.38. The maximum Gasteiger partial charge on any atom is 0.157 e. The predicted molar refractivity (Wildman–Crippen MR) is 72.8 cm³/mol. The minimum Gasteiger partial charge on any atom is -0.319 e. The van der Waals surface area contributed by atoms with Gasteiger partial charge in [-0.15, -0.1) is 0 Å². The fraction of sp³-hybridized carbons (Fsp3) is 0.500. The molecule has 0 spiro atoms. The summed E-state index contributed by atoms with van der Waals surface area (Å²) in [6.45, 7) is 0. The molecule has 0 aliphatic heterocycles. The van der Waals surface area contributed by atoms with Gasteiger partial charge in [0.05, 0.1) is 10.0 Å². The number of hydrogen-bond donors (Lipinski definition) is 1. The SMILES string of the molecule is NC1(C(=O)Cc2c(F)ccc(Br)c2F)CCCCC1. The van der Waals surface area contributed by atoms with E-state index in [2.05, 4.69) is 15.9 Å². The van der Waals surface area contributed by atoms with Gasteiger partial charge in [-0.1, -0.05) is 19.3 Å². The number of hydrogen-bond acceptors (Lipinski definition) is 2. The summed E-state index contributed by atoms with van der Waals surface area (Å²) in [5.74, 6) is -1.69. The van der Waals surface area contributed by atoms with Crippen molar-refractivity contribution >= 4 is 21.7 Å². The van der Waals surface area contributed by atoms with Crippen LogP contribution >= 0.6 is 15.9 Å². The fourth-order valence-electron chi connectivity index (χ4n) is 2.53. The summed E-state index contributed by atoms with van der Waals surface area (Å²) in [5.41, 5.74) is 4.97. The molecule has 1 aromatic rings. The van der Waals surface area contributed by atoms with Crippen molar-refractivity contribution in [2.45, 2.75) is 44.1 Å². The van der Waals surface area contributed by atoms with E-state index >= 15 is 0 Å².